The van der Waals surface area contributed by atoms with E-state index in [1.807, 2.05) is 0 Å². The number of allylic oxidation sites excluding steroid dienone is 1. The summed E-state index contributed by atoms with van der Waals surface area (Å²) in [5, 5.41) is 0. The van der Waals surface area contributed by atoms with Gasteiger partial charge in [0.05, 0.1) is 0 Å². The van der Waals surface area contributed by atoms with Crippen molar-refractivity contribution in [3.63, 3.8) is 0 Å². The molecular weight excluding hydrogens is 260 g/mol. The molecule has 0 rings (SSSR count). The zero-order valence-corrected chi connectivity index (χ0v) is 9.82. The van der Waals surface area contributed by atoms with Crippen LogP contribution in [0.3, 0.4) is 0 Å². The maximum atomic E-state index is 12.3. The van der Waals surface area contributed by atoms with E-state index in [0.717, 1.165) is 0 Å². The van der Waals surface area contributed by atoms with Crippen LogP contribution in [0, 0.1) is 5.92 Å². The van der Waals surface area contributed by atoms with Gasteiger partial charge >= 0.3 is 12.4 Å². The Hall–Kier alpha value is -0.720. The summed E-state index contributed by atoms with van der Waals surface area (Å²) in [4.78, 5) is 0. The van der Waals surface area contributed by atoms with Crippen LogP contribution in [-0.4, -0.2) is 18.4 Å². The molecule has 1 nitrogen and oxygen atoms in total. The summed E-state index contributed by atoms with van der Waals surface area (Å²) in [5.74, 6) is -3.44. The molecule has 0 saturated heterocycles. The van der Waals surface area contributed by atoms with Crippen LogP contribution in [-0.2, 0) is 0 Å². The molecule has 0 amide bonds. The standard InChI is InChI=1S/C11H17F6N/c1-2-3-4-5-6-7-8(18)9(10(12,13)14)11(15,16)17/h2,8-9H,1,3-7,18H2. The largest absolute Gasteiger partial charge is 0.401 e. The highest BCUT2D eigenvalue weighted by molar-refractivity contribution is 4.85. The third-order valence-electron chi connectivity index (χ3n) is 2.58. The molecule has 0 radical (unpaired) electrons. The summed E-state index contributed by atoms with van der Waals surface area (Å²) in [6, 6.07) is -1.94. The normalized spacial score (nSPS) is 14.9. The highest BCUT2D eigenvalue weighted by Crippen LogP contribution is 2.41. The first kappa shape index (κ1) is 17.3. The molecular formula is C11H17F6N. The lowest BCUT2D eigenvalue weighted by atomic mass is 9.94. The zero-order chi connectivity index (χ0) is 14.4. The summed E-state index contributed by atoms with van der Waals surface area (Å²) in [6.07, 6.45) is -7.16. The van der Waals surface area contributed by atoms with E-state index in [-0.39, 0.29) is 12.8 Å². The van der Waals surface area contributed by atoms with Crippen LogP contribution in [0.5, 0.6) is 0 Å². The van der Waals surface area contributed by atoms with Crippen LogP contribution in [0.4, 0.5) is 26.3 Å². The van der Waals surface area contributed by atoms with Gasteiger partial charge in [-0.05, 0) is 19.3 Å². The number of nitrogens with two attached hydrogens (primary N) is 1. The molecule has 0 fully saturated rings. The van der Waals surface area contributed by atoms with E-state index in [1.54, 1.807) is 6.08 Å². The number of unbranched alkanes of at least 4 members (excludes halogenated alkanes) is 3. The summed E-state index contributed by atoms with van der Waals surface area (Å²) < 4.78 is 73.7. The first-order chi connectivity index (χ1) is 8.10. The van der Waals surface area contributed by atoms with Gasteiger partial charge in [-0.2, -0.15) is 26.3 Å². The Kier molecular flexibility index (Phi) is 6.73. The molecule has 1 unspecified atom stereocenters. The lowest BCUT2D eigenvalue weighted by molar-refractivity contribution is -0.289. The smallest absolute Gasteiger partial charge is 0.327 e. The molecule has 0 saturated carbocycles. The molecule has 0 aromatic heterocycles. The highest BCUT2D eigenvalue weighted by Gasteiger charge is 2.59. The molecule has 18 heavy (non-hydrogen) atoms. The van der Waals surface area contributed by atoms with Crippen molar-refractivity contribution in [2.24, 2.45) is 11.7 Å². The number of hydrogen-bond acceptors (Lipinski definition) is 1. The molecule has 0 spiro atoms. The van der Waals surface area contributed by atoms with Crippen LogP contribution in [0.25, 0.3) is 0 Å². The minimum absolute atomic E-state index is 0.248. The van der Waals surface area contributed by atoms with E-state index in [0.29, 0.717) is 19.3 Å². The number of alkyl halides is 6. The van der Waals surface area contributed by atoms with E-state index in [1.165, 1.54) is 0 Å². The molecule has 0 aliphatic carbocycles. The lowest BCUT2D eigenvalue weighted by Crippen LogP contribution is -2.48. The van der Waals surface area contributed by atoms with Crippen molar-refractivity contribution < 1.29 is 26.3 Å². The molecule has 0 aromatic rings. The molecule has 2 N–H and O–H groups in total. The van der Waals surface area contributed by atoms with Gasteiger partial charge in [0.2, 0.25) is 0 Å². The Balaban J connectivity index is 4.33. The van der Waals surface area contributed by atoms with Gasteiger partial charge in [0.25, 0.3) is 0 Å². The second-order valence-electron chi connectivity index (χ2n) is 4.15. The predicted molar refractivity (Wildman–Crippen MR) is 56.9 cm³/mol. The minimum Gasteiger partial charge on any atom is -0.327 e. The van der Waals surface area contributed by atoms with E-state index < -0.39 is 24.3 Å². The Morgan fingerprint density at radius 1 is 0.944 bits per heavy atom. The Bertz CT molecular complexity index is 231. The van der Waals surface area contributed by atoms with E-state index in [4.69, 9.17) is 5.73 Å². The van der Waals surface area contributed by atoms with Gasteiger partial charge < -0.3 is 5.73 Å². The third-order valence-corrected chi connectivity index (χ3v) is 2.58. The van der Waals surface area contributed by atoms with E-state index >= 15 is 0 Å². The van der Waals surface area contributed by atoms with Gasteiger partial charge in [-0.3, -0.25) is 0 Å². The van der Waals surface area contributed by atoms with Gasteiger partial charge in [-0.15, -0.1) is 6.58 Å². The molecule has 0 aromatic carbocycles. The molecule has 1 atom stereocenters. The van der Waals surface area contributed by atoms with Crippen molar-refractivity contribution >= 4 is 0 Å². The quantitative estimate of drug-likeness (QED) is 0.421. The molecule has 7 heteroatoms. The van der Waals surface area contributed by atoms with E-state index in [9.17, 15) is 26.3 Å². The van der Waals surface area contributed by atoms with Crippen LogP contribution < -0.4 is 5.73 Å². The monoisotopic (exact) mass is 277 g/mol. The number of halogens is 6. The summed E-state index contributed by atoms with van der Waals surface area (Å²) in [5.41, 5.74) is 5.04. The topological polar surface area (TPSA) is 26.0 Å². The Labute approximate surface area is 102 Å². The van der Waals surface area contributed by atoms with Gasteiger partial charge in [-0.25, -0.2) is 0 Å². The summed E-state index contributed by atoms with van der Waals surface area (Å²) in [6.45, 7) is 3.46. The van der Waals surface area contributed by atoms with Crippen molar-refractivity contribution in [3.8, 4) is 0 Å². The SMILES string of the molecule is C=CCCCCCC(N)C(C(F)(F)F)C(F)(F)F. The van der Waals surface area contributed by atoms with Crippen molar-refractivity contribution in [2.75, 3.05) is 0 Å². The number of rotatable bonds is 7. The van der Waals surface area contributed by atoms with Crippen LogP contribution in [0.2, 0.25) is 0 Å². The van der Waals surface area contributed by atoms with Gasteiger partial charge in [0, 0.05) is 6.04 Å². The molecule has 0 heterocycles. The molecule has 108 valence electrons. The fourth-order valence-corrected chi connectivity index (χ4v) is 1.68. The first-order valence-electron chi connectivity index (χ1n) is 5.60. The first-order valence-corrected chi connectivity index (χ1v) is 5.60. The van der Waals surface area contributed by atoms with Crippen molar-refractivity contribution in [1.29, 1.82) is 0 Å². The fourth-order valence-electron chi connectivity index (χ4n) is 1.68. The fraction of sp³-hybridized carbons (Fsp3) is 0.818. The summed E-state index contributed by atoms with van der Waals surface area (Å²) in [7, 11) is 0. The molecule has 0 aliphatic rings. The van der Waals surface area contributed by atoms with Gasteiger partial charge in [-0.1, -0.05) is 18.9 Å². The maximum Gasteiger partial charge on any atom is 0.401 e. The maximum absolute atomic E-state index is 12.3. The second-order valence-corrected chi connectivity index (χ2v) is 4.15. The highest BCUT2D eigenvalue weighted by atomic mass is 19.4. The van der Waals surface area contributed by atoms with E-state index in [2.05, 4.69) is 6.58 Å². The lowest BCUT2D eigenvalue weighted by Gasteiger charge is -2.28. The summed E-state index contributed by atoms with van der Waals surface area (Å²) >= 11 is 0. The molecule has 0 aliphatic heterocycles. The number of hydrogen-bond donors (Lipinski definition) is 1. The Morgan fingerprint density at radius 2 is 1.44 bits per heavy atom. The predicted octanol–water partition coefficient (Wildman–Crippen LogP) is 4.19. The second kappa shape index (κ2) is 7.01. The zero-order valence-electron chi connectivity index (χ0n) is 9.82. The van der Waals surface area contributed by atoms with Crippen molar-refractivity contribution in [1.82, 2.24) is 0 Å². The minimum atomic E-state index is -5.35. The van der Waals surface area contributed by atoms with Crippen molar-refractivity contribution in [2.45, 2.75) is 50.5 Å². The van der Waals surface area contributed by atoms with Crippen LogP contribution in [0.1, 0.15) is 32.1 Å². The van der Waals surface area contributed by atoms with Crippen molar-refractivity contribution in [3.05, 3.63) is 12.7 Å². The average molecular weight is 277 g/mol. The van der Waals surface area contributed by atoms with Gasteiger partial charge in [0.15, 0.2) is 5.92 Å². The average Bonchev–Trinajstić information content (AvgIpc) is 2.12. The Morgan fingerprint density at radius 3 is 1.83 bits per heavy atom. The third kappa shape index (κ3) is 6.28. The van der Waals surface area contributed by atoms with Gasteiger partial charge in [0.1, 0.15) is 0 Å². The van der Waals surface area contributed by atoms with Crippen LogP contribution >= 0.6 is 0 Å². The van der Waals surface area contributed by atoms with Crippen LogP contribution in [0.15, 0.2) is 12.7 Å². The molecule has 0 bridgehead atoms.